The average Bonchev–Trinajstić information content (AvgIpc) is 3.79. The lowest BCUT2D eigenvalue weighted by Crippen LogP contribution is -2.42. The van der Waals surface area contributed by atoms with Crippen LogP contribution in [-0.4, -0.2) is 51.2 Å². The molecule has 2 aromatic carbocycles. The number of aliphatic hydroxyl groups is 1. The zero-order valence-electron chi connectivity index (χ0n) is 27.9. The molecule has 0 radical (unpaired) electrons. The Morgan fingerprint density at radius 3 is 1.83 bits per heavy atom. The van der Waals surface area contributed by atoms with Gasteiger partial charge in [-0.15, -0.1) is 0 Å². The Hall–Kier alpha value is -4.47. The summed E-state index contributed by atoms with van der Waals surface area (Å²) in [5, 5.41) is 15.6. The number of amides is 1. The van der Waals surface area contributed by atoms with Crippen LogP contribution >= 0.6 is 0 Å². The van der Waals surface area contributed by atoms with Gasteiger partial charge in [-0.3, -0.25) is 18.7 Å². The van der Waals surface area contributed by atoms with Crippen LogP contribution < -0.4 is 21.8 Å². The molecule has 1 saturated heterocycles. The Kier molecular flexibility index (Phi) is 11.0. The zero-order valence-corrected chi connectivity index (χ0v) is 27.9. The first kappa shape index (κ1) is 34.4. The third-order valence-electron chi connectivity index (χ3n) is 7.56. The van der Waals surface area contributed by atoms with Crippen molar-refractivity contribution in [1.82, 2.24) is 19.8 Å². The summed E-state index contributed by atoms with van der Waals surface area (Å²) in [6.07, 6.45) is 4.68. The highest BCUT2D eigenvalue weighted by atomic mass is 16.6. The van der Waals surface area contributed by atoms with E-state index >= 15 is 0 Å². The lowest BCUT2D eigenvalue weighted by atomic mass is 10.0. The summed E-state index contributed by atoms with van der Waals surface area (Å²) in [4.78, 5) is 36.0. The highest BCUT2D eigenvalue weighted by Crippen LogP contribution is 2.19. The van der Waals surface area contributed by atoms with Gasteiger partial charge in [-0.05, 0) is 107 Å². The molecule has 2 aromatic heterocycles. The molecule has 9 heteroatoms. The summed E-state index contributed by atoms with van der Waals surface area (Å²) in [6, 6.07) is 19.1. The van der Waals surface area contributed by atoms with Gasteiger partial charge < -0.3 is 20.5 Å². The molecule has 1 aliphatic heterocycles. The van der Waals surface area contributed by atoms with Crippen LogP contribution in [0.3, 0.4) is 0 Å². The molecule has 3 N–H and O–H groups in total. The second-order valence-electron chi connectivity index (χ2n) is 13.1. The van der Waals surface area contributed by atoms with E-state index in [9.17, 15) is 19.5 Å². The van der Waals surface area contributed by atoms with Crippen LogP contribution in [0.5, 0.6) is 0 Å². The number of hydrogen-bond acceptors (Lipinski definition) is 6. The number of nitrogens with one attached hydrogen (secondary N) is 2. The molecule has 2 atom stereocenters. The molecule has 1 fully saturated rings. The highest BCUT2D eigenvalue weighted by molar-refractivity contribution is 5.68. The monoisotopic (exact) mass is 626 g/mol. The number of carbonyl (C=O) groups excluding carboxylic acids is 1. The summed E-state index contributed by atoms with van der Waals surface area (Å²) >= 11 is 0. The first-order chi connectivity index (χ1) is 21.7. The van der Waals surface area contributed by atoms with Crippen molar-refractivity contribution in [3.8, 4) is 11.4 Å². The molecule has 244 valence electrons. The Morgan fingerprint density at radius 1 is 0.870 bits per heavy atom. The average molecular weight is 627 g/mol. The molecule has 4 aromatic rings. The van der Waals surface area contributed by atoms with Gasteiger partial charge in [0, 0.05) is 37.1 Å². The van der Waals surface area contributed by atoms with Crippen molar-refractivity contribution in [2.45, 2.75) is 79.0 Å². The quantitative estimate of drug-likeness (QED) is 0.240. The van der Waals surface area contributed by atoms with Crippen molar-refractivity contribution in [3.63, 3.8) is 0 Å². The number of benzene rings is 2. The molecule has 0 saturated carbocycles. The SMILES string of the molecule is Cc1ccc(=O)n(-c2ccc(CC(CO)NC(=O)OC(C)(C)C)cc2C)c1.Cc1ccc(=O)n(-c2ccc(CC3CN3)cc2C)c1. The van der Waals surface area contributed by atoms with Crippen molar-refractivity contribution < 1.29 is 14.6 Å². The predicted octanol–water partition coefficient (Wildman–Crippen LogP) is 4.85. The lowest BCUT2D eigenvalue weighted by molar-refractivity contribution is 0.0483. The van der Waals surface area contributed by atoms with Crippen molar-refractivity contribution in [2.24, 2.45) is 0 Å². The number of aryl methyl sites for hydroxylation is 4. The molecule has 0 aliphatic carbocycles. The summed E-state index contributed by atoms with van der Waals surface area (Å²) in [7, 11) is 0. The topological polar surface area (TPSA) is 125 Å². The van der Waals surface area contributed by atoms with Crippen molar-refractivity contribution >= 4 is 6.09 Å². The molecule has 46 heavy (non-hydrogen) atoms. The van der Waals surface area contributed by atoms with E-state index in [0.717, 1.165) is 52.2 Å². The van der Waals surface area contributed by atoms with Gasteiger partial charge in [-0.25, -0.2) is 4.79 Å². The van der Waals surface area contributed by atoms with Crippen LogP contribution in [0.15, 0.2) is 82.6 Å². The molecule has 0 bridgehead atoms. The number of alkyl carbamates (subject to hydrolysis) is 1. The summed E-state index contributed by atoms with van der Waals surface area (Å²) in [5.41, 5.74) is 7.58. The van der Waals surface area contributed by atoms with Gasteiger partial charge in [0.2, 0.25) is 0 Å². The van der Waals surface area contributed by atoms with Gasteiger partial charge in [0.25, 0.3) is 11.1 Å². The summed E-state index contributed by atoms with van der Waals surface area (Å²) in [5.74, 6) is 0. The maximum absolute atomic E-state index is 12.1. The van der Waals surface area contributed by atoms with E-state index < -0.39 is 17.7 Å². The summed E-state index contributed by atoms with van der Waals surface area (Å²) in [6.45, 7) is 14.2. The standard InChI is InChI=1S/C21H28N2O4.C16H18N2O/c1-14-6-9-19(25)23(12-14)18-8-7-16(10-15(18)2)11-17(13-24)22-20(26)27-21(3,4)5;1-11-3-6-16(19)18(10-11)15-5-4-13(7-12(15)2)8-14-9-17-14/h6-10,12,17,24H,11,13H2,1-5H3,(H,22,26);3-7,10,14,17H,8-9H2,1-2H3. The smallest absolute Gasteiger partial charge is 0.407 e. The lowest BCUT2D eigenvalue weighted by Gasteiger charge is -2.23. The van der Waals surface area contributed by atoms with Gasteiger partial charge in [0.15, 0.2) is 0 Å². The van der Waals surface area contributed by atoms with E-state index in [1.165, 1.54) is 5.56 Å². The molecule has 1 amide bonds. The van der Waals surface area contributed by atoms with Crippen LogP contribution in [0.4, 0.5) is 4.79 Å². The van der Waals surface area contributed by atoms with Gasteiger partial charge in [-0.2, -0.15) is 0 Å². The van der Waals surface area contributed by atoms with E-state index in [0.29, 0.717) is 12.5 Å². The maximum atomic E-state index is 12.1. The molecule has 3 heterocycles. The van der Waals surface area contributed by atoms with Crippen LogP contribution in [0.2, 0.25) is 0 Å². The molecule has 9 nitrogen and oxygen atoms in total. The maximum Gasteiger partial charge on any atom is 0.407 e. The number of carbonyl (C=O) groups is 1. The van der Waals surface area contributed by atoms with Crippen LogP contribution in [0.1, 0.15) is 54.2 Å². The fourth-order valence-electron chi connectivity index (χ4n) is 5.22. The number of aromatic nitrogens is 2. The van der Waals surface area contributed by atoms with Crippen LogP contribution in [0.25, 0.3) is 11.4 Å². The highest BCUT2D eigenvalue weighted by Gasteiger charge is 2.21. The normalized spacial score (nSPS) is 14.6. The van der Waals surface area contributed by atoms with Gasteiger partial charge in [0.1, 0.15) is 5.60 Å². The first-order valence-electron chi connectivity index (χ1n) is 15.6. The second-order valence-corrected chi connectivity index (χ2v) is 13.1. The number of aliphatic hydroxyl groups excluding tert-OH is 1. The van der Waals surface area contributed by atoms with Crippen molar-refractivity contribution in [2.75, 3.05) is 13.2 Å². The Morgan fingerprint density at radius 2 is 1.37 bits per heavy atom. The third kappa shape index (κ3) is 9.76. The minimum atomic E-state index is -0.594. The van der Waals surface area contributed by atoms with Gasteiger partial charge in [0.05, 0.1) is 24.0 Å². The molecular formula is C37H46N4O5. The van der Waals surface area contributed by atoms with E-state index in [4.69, 9.17) is 4.74 Å². The number of ether oxygens (including phenoxy) is 1. The summed E-state index contributed by atoms with van der Waals surface area (Å²) < 4.78 is 8.58. The Labute approximate surface area is 270 Å². The number of pyridine rings is 2. The number of rotatable bonds is 8. The molecular weight excluding hydrogens is 580 g/mol. The van der Waals surface area contributed by atoms with Crippen LogP contribution in [-0.2, 0) is 17.6 Å². The van der Waals surface area contributed by atoms with Gasteiger partial charge in [-0.1, -0.05) is 36.4 Å². The van der Waals surface area contributed by atoms with Crippen LogP contribution in [0, 0.1) is 27.7 Å². The largest absolute Gasteiger partial charge is 0.444 e. The van der Waals surface area contributed by atoms with E-state index in [-0.39, 0.29) is 17.7 Å². The van der Waals surface area contributed by atoms with Crippen molar-refractivity contribution in [1.29, 1.82) is 0 Å². The molecule has 5 rings (SSSR count). The van der Waals surface area contributed by atoms with E-state index in [1.807, 2.05) is 63.5 Å². The van der Waals surface area contributed by atoms with E-state index in [1.54, 1.807) is 48.1 Å². The Balaban J connectivity index is 0.000000221. The van der Waals surface area contributed by atoms with Crippen molar-refractivity contribution in [3.05, 3.63) is 127 Å². The second kappa shape index (κ2) is 14.7. The first-order valence-corrected chi connectivity index (χ1v) is 15.6. The third-order valence-corrected chi connectivity index (χ3v) is 7.56. The fourth-order valence-corrected chi connectivity index (χ4v) is 5.22. The molecule has 1 aliphatic rings. The minimum Gasteiger partial charge on any atom is -0.444 e. The van der Waals surface area contributed by atoms with Gasteiger partial charge >= 0.3 is 6.09 Å². The zero-order chi connectivity index (χ0) is 33.6. The Bertz CT molecular complexity index is 1800. The fraction of sp³-hybridized carbons (Fsp3) is 0.378. The van der Waals surface area contributed by atoms with E-state index in [2.05, 4.69) is 29.7 Å². The minimum absolute atomic E-state index is 0.0188. The number of nitrogens with zero attached hydrogens (tertiary/aromatic N) is 2. The number of hydrogen-bond donors (Lipinski definition) is 3. The molecule has 2 unspecified atom stereocenters. The molecule has 0 spiro atoms. The predicted molar refractivity (Wildman–Crippen MR) is 182 cm³/mol.